The molecule has 0 fully saturated rings. The molecule has 7 heteroatoms. The van der Waals surface area contributed by atoms with Crippen molar-refractivity contribution in [2.75, 3.05) is 6.61 Å². The molecule has 1 atom stereocenters. The lowest BCUT2D eigenvalue weighted by atomic mass is 9.85. The molecule has 2 aromatic carbocycles. The first-order valence-corrected chi connectivity index (χ1v) is 11.0. The Morgan fingerprint density at radius 3 is 1.94 bits per heavy atom. The van der Waals surface area contributed by atoms with Gasteiger partial charge in [-0.15, -0.1) is 0 Å². The molecule has 0 aromatic heterocycles. The highest BCUT2D eigenvalue weighted by molar-refractivity contribution is 5.87. The molecular formula is C26H32N2O5. The van der Waals surface area contributed by atoms with Gasteiger partial charge in [-0.3, -0.25) is 9.59 Å². The van der Waals surface area contributed by atoms with E-state index in [9.17, 15) is 14.4 Å². The standard InChI is InChI=1S/C26H32N2O5/c1-25(2,3)22(23(31)28-26(4,5)14-21(29)30)27-24(32)33-15-20-18-12-8-6-10-16(18)17-11-7-9-13-19(17)20/h6-13,20,22H,14-15H2,1-5H3,(H,27,32)(H,28,31)(H,29,30). The van der Waals surface area contributed by atoms with E-state index in [2.05, 4.69) is 22.8 Å². The third kappa shape index (κ3) is 5.72. The number of fused-ring (bicyclic) bond motifs is 3. The first-order valence-electron chi connectivity index (χ1n) is 11.0. The molecule has 1 unspecified atom stereocenters. The fraction of sp³-hybridized carbons (Fsp3) is 0.423. The van der Waals surface area contributed by atoms with Crippen molar-refractivity contribution >= 4 is 18.0 Å². The van der Waals surface area contributed by atoms with Crippen LogP contribution in [0.3, 0.4) is 0 Å². The summed E-state index contributed by atoms with van der Waals surface area (Å²) in [6.07, 6.45) is -0.927. The molecule has 0 radical (unpaired) electrons. The van der Waals surface area contributed by atoms with E-state index in [0.717, 1.165) is 22.3 Å². The molecule has 3 N–H and O–H groups in total. The number of ether oxygens (including phenoxy) is 1. The van der Waals surface area contributed by atoms with Crippen molar-refractivity contribution in [1.82, 2.24) is 10.6 Å². The van der Waals surface area contributed by atoms with Gasteiger partial charge >= 0.3 is 12.1 Å². The van der Waals surface area contributed by atoms with Gasteiger partial charge in [-0.1, -0.05) is 69.3 Å². The van der Waals surface area contributed by atoms with Gasteiger partial charge in [0, 0.05) is 11.5 Å². The van der Waals surface area contributed by atoms with Crippen LogP contribution < -0.4 is 10.6 Å². The van der Waals surface area contributed by atoms with Crippen LogP contribution in [-0.2, 0) is 14.3 Å². The smallest absolute Gasteiger partial charge is 0.407 e. The Morgan fingerprint density at radius 1 is 0.939 bits per heavy atom. The van der Waals surface area contributed by atoms with E-state index in [-0.39, 0.29) is 18.9 Å². The highest BCUT2D eigenvalue weighted by Gasteiger charge is 2.37. The maximum Gasteiger partial charge on any atom is 0.407 e. The van der Waals surface area contributed by atoms with Crippen LogP contribution in [0, 0.1) is 5.41 Å². The second-order valence-electron chi connectivity index (χ2n) is 10.2. The molecule has 1 aliphatic rings. The second-order valence-corrected chi connectivity index (χ2v) is 10.2. The molecule has 0 bridgehead atoms. The van der Waals surface area contributed by atoms with E-state index in [1.54, 1.807) is 13.8 Å². The number of hydrogen-bond donors (Lipinski definition) is 3. The zero-order chi connectivity index (χ0) is 24.4. The van der Waals surface area contributed by atoms with Gasteiger partial charge < -0.3 is 20.5 Å². The summed E-state index contributed by atoms with van der Waals surface area (Å²) in [5.74, 6) is -1.56. The number of rotatable bonds is 7. The molecule has 0 spiro atoms. The number of nitrogens with one attached hydrogen (secondary N) is 2. The molecule has 2 aromatic rings. The van der Waals surface area contributed by atoms with Gasteiger partial charge in [0.2, 0.25) is 5.91 Å². The quantitative estimate of drug-likeness (QED) is 0.581. The minimum Gasteiger partial charge on any atom is -0.481 e. The van der Waals surface area contributed by atoms with Crippen molar-refractivity contribution < 1.29 is 24.2 Å². The Bertz CT molecular complexity index is 1010. The summed E-state index contributed by atoms with van der Waals surface area (Å²) in [5, 5.41) is 14.5. The highest BCUT2D eigenvalue weighted by Crippen LogP contribution is 2.44. The molecule has 0 saturated carbocycles. The van der Waals surface area contributed by atoms with Crippen LogP contribution in [0.1, 0.15) is 58.1 Å². The van der Waals surface area contributed by atoms with Crippen LogP contribution in [0.2, 0.25) is 0 Å². The molecule has 7 nitrogen and oxygen atoms in total. The maximum absolute atomic E-state index is 12.9. The fourth-order valence-electron chi connectivity index (χ4n) is 4.26. The zero-order valence-corrected chi connectivity index (χ0v) is 19.8. The Kier molecular flexibility index (Phi) is 6.81. The van der Waals surface area contributed by atoms with Crippen LogP contribution in [-0.4, -0.2) is 41.3 Å². The first-order chi connectivity index (χ1) is 15.4. The normalized spacial score (nSPS) is 14.1. The Balaban J connectivity index is 1.69. The number of carbonyl (C=O) groups excluding carboxylic acids is 2. The van der Waals surface area contributed by atoms with Gasteiger partial charge in [-0.25, -0.2) is 4.79 Å². The Hall–Kier alpha value is -3.35. The van der Waals surface area contributed by atoms with Crippen molar-refractivity contribution in [3.05, 3.63) is 59.7 Å². The van der Waals surface area contributed by atoms with E-state index in [4.69, 9.17) is 9.84 Å². The number of hydrogen-bond acceptors (Lipinski definition) is 4. The van der Waals surface area contributed by atoms with E-state index in [1.165, 1.54) is 0 Å². The molecule has 2 amide bonds. The van der Waals surface area contributed by atoms with Crippen molar-refractivity contribution in [1.29, 1.82) is 0 Å². The summed E-state index contributed by atoms with van der Waals surface area (Å²) in [6.45, 7) is 8.88. The van der Waals surface area contributed by atoms with Gasteiger partial charge in [0.1, 0.15) is 12.6 Å². The van der Waals surface area contributed by atoms with Gasteiger partial charge in [0.05, 0.1) is 6.42 Å². The molecule has 33 heavy (non-hydrogen) atoms. The predicted octanol–water partition coefficient (Wildman–Crippen LogP) is 4.31. The van der Waals surface area contributed by atoms with E-state index in [0.29, 0.717) is 0 Å². The minimum absolute atomic E-state index is 0.0837. The maximum atomic E-state index is 12.9. The van der Waals surface area contributed by atoms with Crippen molar-refractivity contribution in [3.8, 4) is 11.1 Å². The summed E-state index contributed by atoms with van der Waals surface area (Å²) in [7, 11) is 0. The Labute approximate surface area is 194 Å². The third-order valence-electron chi connectivity index (χ3n) is 5.79. The van der Waals surface area contributed by atoms with Gasteiger partial charge in [0.25, 0.3) is 0 Å². The van der Waals surface area contributed by atoms with Crippen LogP contribution in [0.25, 0.3) is 11.1 Å². The number of aliphatic carboxylic acids is 1. The number of amides is 2. The fourth-order valence-corrected chi connectivity index (χ4v) is 4.26. The molecule has 176 valence electrons. The molecule has 0 heterocycles. The monoisotopic (exact) mass is 452 g/mol. The lowest BCUT2D eigenvalue weighted by Crippen LogP contribution is -2.58. The zero-order valence-electron chi connectivity index (χ0n) is 19.8. The van der Waals surface area contributed by atoms with Crippen molar-refractivity contribution in [2.45, 2.75) is 58.5 Å². The largest absolute Gasteiger partial charge is 0.481 e. The lowest BCUT2D eigenvalue weighted by molar-refractivity contribution is -0.139. The number of carboxylic acid groups (broad SMARTS) is 1. The predicted molar refractivity (Wildman–Crippen MR) is 126 cm³/mol. The van der Waals surface area contributed by atoms with Crippen molar-refractivity contribution in [3.63, 3.8) is 0 Å². The van der Waals surface area contributed by atoms with Gasteiger partial charge in [0.15, 0.2) is 0 Å². The van der Waals surface area contributed by atoms with Gasteiger partial charge in [-0.2, -0.15) is 0 Å². The molecular weight excluding hydrogens is 420 g/mol. The van der Waals surface area contributed by atoms with Gasteiger partial charge in [-0.05, 0) is 41.5 Å². The van der Waals surface area contributed by atoms with Crippen LogP contribution >= 0.6 is 0 Å². The van der Waals surface area contributed by atoms with E-state index < -0.39 is 35.0 Å². The summed E-state index contributed by atoms with van der Waals surface area (Å²) in [4.78, 5) is 36.7. The van der Waals surface area contributed by atoms with Crippen LogP contribution in [0.5, 0.6) is 0 Å². The number of alkyl carbamates (subject to hydrolysis) is 1. The van der Waals surface area contributed by atoms with E-state index in [1.807, 2.05) is 57.2 Å². The summed E-state index contributed by atoms with van der Waals surface area (Å²) >= 11 is 0. The molecule has 0 saturated heterocycles. The van der Waals surface area contributed by atoms with Crippen LogP contribution in [0.15, 0.2) is 48.5 Å². The summed E-state index contributed by atoms with van der Waals surface area (Å²) in [5.41, 5.74) is 2.90. The first kappa shape index (κ1) is 24.3. The number of carboxylic acids is 1. The third-order valence-corrected chi connectivity index (χ3v) is 5.79. The SMILES string of the molecule is CC(C)(CC(=O)O)NC(=O)C(NC(=O)OCC1c2ccccc2-c2ccccc21)C(C)(C)C. The van der Waals surface area contributed by atoms with Crippen LogP contribution in [0.4, 0.5) is 4.79 Å². The van der Waals surface area contributed by atoms with Crippen molar-refractivity contribution in [2.24, 2.45) is 5.41 Å². The molecule has 0 aliphatic heterocycles. The average Bonchev–Trinajstić information content (AvgIpc) is 3.02. The Morgan fingerprint density at radius 2 is 1.45 bits per heavy atom. The number of benzene rings is 2. The highest BCUT2D eigenvalue weighted by atomic mass is 16.5. The topological polar surface area (TPSA) is 105 Å². The summed E-state index contributed by atoms with van der Waals surface area (Å²) < 4.78 is 5.59. The average molecular weight is 453 g/mol. The lowest BCUT2D eigenvalue weighted by Gasteiger charge is -2.33. The molecule has 1 aliphatic carbocycles. The second kappa shape index (κ2) is 9.25. The summed E-state index contributed by atoms with van der Waals surface area (Å²) in [6, 6.07) is 15.2. The molecule has 3 rings (SSSR count). The number of carbonyl (C=O) groups is 3. The minimum atomic E-state index is -1.02. The van der Waals surface area contributed by atoms with E-state index >= 15 is 0 Å².